The molecule has 0 saturated heterocycles. The van der Waals surface area contributed by atoms with Gasteiger partial charge in [0.2, 0.25) is 0 Å². The molecule has 1 N–H and O–H groups in total. The second-order valence-corrected chi connectivity index (χ2v) is 9.35. The molecule has 168 valence electrons. The highest BCUT2D eigenvalue weighted by Crippen LogP contribution is 2.36. The van der Waals surface area contributed by atoms with Crippen LogP contribution in [-0.2, 0) is 13.0 Å². The first-order chi connectivity index (χ1) is 15.6. The Morgan fingerprint density at radius 1 is 1.09 bits per heavy atom. The van der Waals surface area contributed by atoms with Gasteiger partial charge in [-0.15, -0.1) is 0 Å². The van der Waals surface area contributed by atoms with Crippen molar-refractivity contribution in [3.05, 3.63) is 76.8 Å². The quantitative estimate of drug-likeness (QED) is 0.362. The van der Waals surface area contributed by atoms with E-state index in [0.29, 0.717) is 17.5 Å². The molecule has 0 radical (unpaired) electrons. The molecule has 0 bridgehead atoms. The minimum atomic E-state index is -0.235. The van der Waals surface area contributed by atoms with Crippen molar-refractivity contribution in [2.75, 3.05) is 5.32 Å². The normalized spacial score (nSPS) is 18.1. The van der Waals surface area contributed by atoms with E-state index >= 15 is 0 Å². The highest BCUT2D eigenvalue weighted by atomic mass is 35.5. The lowest BCUT2D eigenvalue weighted by molar-refractivity contribution is 0.447. The summed E-state index contributed by atoms with van der Waals surface area (Å²) in [6, 6.07) is 14.5. The van der Waals surface area contributed by atoms with Crippen LogP contribution in [0.25, 0.3) is 11.3 Å². The molecule has 3 nitrogen and oxygen atoms in total. The van der Waals surface area contributed by atoms with E-state index in [1.807, 2.05) is 24.3 Å². The van der Waals surface area contributed by atoms with Gasteiger partial charge in [-0.05, 0) is 67.0 Å². The van der Waals surface area contributed by atoms with Crippen molar-refractivity contribution in [3.63, 3.8) is 0 Å². The van der Waals surface area contributed by atoms with Crippen molar-refractivity contribution >= 4 is 17.4 Å². The third-order valence-electron chi connectivity index (χ3n) is 6.41. The highest BCUT2D eigenvalue weighted by molar-refractivity contribution is 6.33. The van der Waals surface area contributed by atoms with E-state index in [4.69, 9.17) is 16.6 Å². The summed E-state index contributed by atoms with van der Waals surface area (Å²) in [4.78, 5) is 9.35. The number of benzene rings is 1. The van der Waals surface area contributed by atoms with Crippen LogP contribution in [-0.4, -0.2) is 9.97 Å². The molecule has 1 aromatic carbocycles. The van der Waals surface area contributed by atoms with Gasteiger partial charge in [0.25, 0.3) is 0 Å². The topological polar surface area (TPSA) is 37.8 Å². The molecule has 0 unspecified atom stereocenters. The van der Waals surface area contributed by atoms with Crippen LogP contribution in [0.4, 0.5) is 10.2 Å². The van der Waals surface area contributed by atoms with Gasteiger partial charge in [-0.2, -0.15) is 0 Å². The Labute approximate surface area is 195 Å². The molecule has 3 aromatic rings. The van der Waals surface area contributed by atoms with Gasteiger partial charge in [0.05, 0.1) is 10.7 Å². The zero-order valence-electron chi connectivity index (χ0n) is 18.7. The predicted octanol–water partition coefficient (Wildman–Crippen LogP) is 7.70. The van der Waals surface area contributed by atoms with E-state index in [9.17, 15) is 4.39 Å². The van der Waals surface area contributed by atoms with Gasteiger partial charge in [-0.3, -0.25) is 4.98 Å². The number of nitrogens with one attached hydrogen (secondary N) is 1. The Morgan fingerprint density at radius 2 is 1.94 bits per heavy atom. The van der Waals surface area contributed by atoms with Crippen LogP contribution in [0.2, 0.25) is 5.02 Å². The lowest BCUT2D eigenvalue weighted by Gasteiger charge is -2.13. The third kappa shape index (κ3) is 6.07. The van der Waals surface area contributed by atoms with Gasteiger partial charge >= 0.3 is 0 Å². The number of halogens is 2. The fourth-order valence-corrected chi connectivity index (χ4v) is 4.93. The van der Waals surface area contributed by atoms with Crippen LogP contribution in [0.1, 0.15) is 56.7 Å². The predicted molar refractivity (Wildman–Crippen MR) is 130 cm³/mol. The average Bonchev–Trinajstić information content (AvgIpc) is 3.25. The summed E-state index contributed by atoms with van der Waals surface area (Å²) < 4.78 is 13.4. The van der Waals surface area contributed by atoms with E-state index in [2.05, 4.69) is 23.3 Å². The number of nitrogens with zero attached hydrogens (tertiary/aromatic N) is 2. The Balaban J connectivity index is 1.43. The first-order valence-corrected chi connectivity index (χ1v) is 12.1. The van der Waals surface area contributed by atoms with Gasteiger partial charge in [0, 0.05) is 24.0 Å². The Kier molecular flexibility index (Phi) is 7.75. The summed E-state index contributed by atoms with van der Waals surface area (Å²) >= 11 is 6.51. The highest BCUT2D eigenvalue weighted by Gasteiger charge is 2.25. The Bertz CT molecular complexity index is 1040. The van der Waals surface area contributed by atoms with E-state index in [1.165, 1.54) is 50.7 Å². The number of hydrogen-bond acceptors (Lipinski definition) is 3. The zero-order valence-corrected chi connectivity index (χ0v) is 19.4. The number of pyridine rings is 2. The molecule has 1 aliphatic rings. The van der Waals surface area contributed by atoms with E-state index in [-0.39, 0.29) is 5.82 Å². The van der Waals surface area contributed by atoms with Gasteiger partial charge in [0.15, 0.2) is 0 Å². The Hall–Kier alpha value is -2.46. The fourth-order valence-electron chi connectivity index (χ4n) is 4.73. The number of anilines is 1. The van der Waals surface area contributed by atoms with Gasteiger partial charge in [-0.25, -0.2) is 9.37 Å². The van der Waals surface area contributed by atoms with Crippen molar-refractivity contribution in [2.24, 2.45) is 11.8 Å². The maximum atomic E-state index is 13.4. The fraction of sp³-hybridized carbons (Fsp3) is 0.407. The van der Waals surface area contributed by atoms with Crippen LogP contribution in [0.15, 0.2) is 54.7 Å². The molecule has 0 amide bonds. The van der Waals surface area contributed by atoms with Gasteiger partial charge < -0.3 is 5.32 Å². The van der Waals surface area contributed by atoms with E-state index in [1.54, 1.807) is 12.3 Å². The van der Waals surface area contributed by atoms with Crippen molar-refractivity contribution < 1.29 is 4.39 Å². The number of rotatable bonds is 9. The number of aromatic nitrogens is 2. The maximum Gasteiger partial charge on any atom is 0.126 e. The average molecular weight is 452 g/mol. The second kappa shape index (κ2) is 10.9. The summed E-state index contributed by atoms with van der Waals surface area (Å²) in [6.45, 7) is 2.77. The molecule has 0 spiro atoms. The second-order valence-electron chi connectivity index (χ2n) is 8.94. The maximum absolute atomic E-state index is 13.4. The molecule has 5 heteroatoms. The molecule has 1 fully saturated rings. The monoisotopic (exact) mass is 451 g/mol. The van der Waals surface area contributed by atoms with Gasteiger partial charge in [0.1, 0.15) is 11.6 Å². The van der Waals surface area contributed by atoms with Crippen molar-refractivity contribution in [3.8, 4) is 11.3 Å². The van der Waals surface area contributed by atoms with Crippen LogP contribution in [0, 0.1) is 17.7 Å². The van der Waals surface area contributed by atoms with Crippen molar-refractivity contribution in [1.29, 1.82) is 0 Å². The lowest BCUT2D eigenvalue weighted by Crippen LogP contribution is -2.04. The molecule has 2 aromatic heterocycles. The first kappa shape index (κ1) is 22.7. The molecule has 2 heterocycles. The summed E-state index contributed by atoms with van der Waals surface area (Å²) in [5.74, 6) is 2.09. The molecule has 32 heavy (non-hydrogen) atoms. The van der Waals surface area contributed by atoms with E-state index < -0.39 is 0 Å². The molecule has 1 saturated carbocycles. The summed E-state index contributed by atoms with van der Waals surface area (Å²) in [6.07, 6.45) is 10.7. The minimum absolute atomic E-state index is 0.235. The minimum Gasteiger partial charge on any atom is -0.366 e. The van der Waals surface area contributed by atoms with Gasteiger partial charge in [-0.1, -0.05) is 62.4 Å². The summed E-state index contributed by atoms with van der Waals surface area (Å²) in [5, 5.41) is 3.88. The van der Waals surface area contributed by atoms with Crippen LogP contribution >= 0.6 is 11.6 Å². The Morgan fingerprint density at radius 3 is 2.78 bits per heavy atom. The summed E-state index contributed by atoms with van der Waals surface area (Å²) in [7, 11) is 0. The zero-order chi connectivity index (χ0) is 22.3. The van der Waals surface area contributed by atoms with Crippen molar-refractivity contribution in [1.82, 2.24) is 9.97 Å². The lowest BCUT2D eigenvalue weighted by atomic mass is 9.96. The SMILES string of the molecule is CCCC[C@H]1CC[C@@H](Cc2cc(-c3cccc(NCc4cccc(F)c4)n3)c(Cl)cn2)C1. The largest absolute Gasteiger partial charge is 0.366 e. The molecule has 0 aliphatic heterocycles. The van der Waals surface area contributed by atoms with Crippen LogP contribution < -0.4 is 5.32 Å². The standard InChI is InChI=1S/C27H31ClFN3/c1-2-3-6-19-11-12-20(13-19)15-23-16-24(25(28)18-30-23)26-9-5-10-27(32-26)31-17-21-7-4-8-22(29)14-21/h4-5,7-10,14,16,18-20H,2-3,6,11-13,15,17H2,1H3,(H,31,32)/t19-,20+/m0/s1. The molecular weight excluding hydrogens is 421 g/mol. The third-order valence-corrected chi connectivity index (χ3v) is 6.71. The van der Waals surface area contributed by atoms with Crippen LogP contribution in [0.5, 0.6) is 0 Å². The van der Waals surface area contributed by atoms with Crippen molar-refractivity contribution in [2.45, 2.75) is 58.4 Å². The molecule has 4 rings (SSSR count). The smallest absolute Gasteiger partial charge is 0.126 e. The number of unbranched alkanes of at least 4 members (excludes halogenated alkanes) is 1. The molecular formula is C27H31ClFN3. The molecule has 1 aliphatic carbocycles. The summed E-state index contributed by atoms with van der Waals surface area (Å²) in [5.41, 5.74) is 3.68. The number of hydrogen-bond donors (Lipinski definition) is 1. The first-order valence-electron chi connectivity index (χ1n) is 11.7. The van der Waals surface area contributed by atoms with E-state index in [0.717, 1.165) is 40.7 Å². The molecule has 2 atom stereocenters. The van der Waals surface area contributed by atoms with Crippen LogP contribution in [0.3, 0.4) is 0 Å².